The molecule has 1 amide bonds. The monoisotopic (exact) mass is 619 g/mol. The first-order valence-electron chi connectivity index (χ1n) is 14.7. The molecule has 230 valence electrons. The van der Waals surface area contributed by atoms with Crippen molar-refractivity contribution >= 4 is 29.3 Å². The molecule has 12 heteroatoms. The lowest BCUT2D eigenvalue weighted by Gasteiger charge is -2.26. The van der Waals surface area contributed by atoms with Gasteiger partial charge in [0.15, 0.2) is 22.9 Å². The van der Waals surface area contributed by atoms with Gasteiger partial charge in [-0.15, -0.1) is 0 Å². The topological polar surface area (TPSA) is 118 Å². The van der Waals surface area contributed by atoms with Crippen molar-refractivity contribution in [3.8, 4) is 17.2 Å². The van der Waals surface area contributed by atoms with Crippen LogP contribution in [-0.2, 0) is 19.1 Å². The molecule has 3 aliphatic rings. The van der Waals surface area contributed by atoms with Crippen LogP contribution in [0, 0.1) is 0 Å². The highest BCUT2D eigenvalue weighted by Gasteiger charge is 2.35. The first kappa shape index (κ1) is 29.6. The molecule has 3 aromatic rings. The van der Waals surface area contributed by atoms with Crippen LogP contribution in [-0.4, -0.2) is 67.7 Å². The summed E-state index contributed by atoms with van der Waals surface area (Å²) in [4.78, 5) is 46.8. The summed E-state index contributed by atoms with van der Waals surface area (Å²) in [7, 11) is 0. The Morgan fingerprint density at radius 1 is 1.07 bits per heavy atom. The van der Waals surface area contributed by atoms with Gasteiger partial charge in [0.1, 0.15) is 5.75 Å². The van der Waals surface area contributed by atoms with Gasteiger partial charge in [-0.3, -0.25) is 14.2 Å². The SMILES string of the molecule is CCCC1=C(C(=O)OCC)[C@@H](c2ccc3c(c2)OCO3)n2c(s/c(=C/c3ccc(OCC(=O)N4CCOCC4)cc3)c2=O)=N1. The summed E-state index contributed by atoms with van der Waals surface area (Å²) in [5.74, 6) is 1.13. The number of morpholine rings is 1. The van der Waals surface area contributed by atoms with E-state index >= 15 is 0 Å². The highest BCUT2D eigenvalue weighted by atomic mass is 32.1. The van der Waals surface area contributed by atoms with Crippen molar-refractivity contribution < 1.29 is 33.3 Å². The molecule has 1 fully saturated rings. The lowest BCUT2D eigenvalue weighted by atomic mass is 9.94. The molecule has 0 saturated carbocycles. The first-order valence-corrected chi connectivity index (χ1v) is 15.5. The number of carbonyl (C=O) groups is 2. The van der Waals surface area contributed by atoms with E-state index in [4.69, 9.17) is 28.7 Å². The molecule has 0 unspecified atom stereocenters. The van der Waals surface area contributed by atoms with E-state index in [1.807, 2.05) is 25.1 Å². The smallest absolute Gasteiger partial charge is 0.338 e. The second-order valence-electron chi connectivity index (χ2n) is 10.4. The largest absolute Gasteiger partial charge is 0.484 e. The number of fused-ring (bicyclic) bond motifs is 2. The molecule has 1 atom stereocenters. The average molecular weight is 620 g/mol. The third-order valence-corrected chi connectivity index (χ3v) is 8.49. The number of rotatable bonds is 9. The quantitative estimate of drug-likeness (QED) is 0.336. The fourth-order valence-corrected chi connectivity index (χ4v) is 6.40. The van der Waals surface area contributed by atoms with Gasteiger partial charge in [0, 0.05) is 13.1 Å². The minimum Gasteiger partial charge on any atom is -0.484 e. The number of esters is 1. The normalized spacial score (nSPS) is 17.7. The fourth-order valence-electron chi connectivity index (χ4n) is 5.38. The number of hydrogen-bond acceptors (Lipinski definition) is 10. The lowest BCUT2D eigenvalue weighted by Crippen LogP contribution is -2.42. The van der Waals surface area contributed by atoms with Gasteiger partial charge in [0.05, 0.1) is 41.7 Å². The van der Waals surface area contributed by atoms with Gasteiger partial charge in [0.25, 0.3) is 11.5 Å². The number of aromatic nitrogens is 1. The molecule has 0 aliphatic carbocycles. The molecule has 0 radical (unpaired) electrons. The highest BCUT2D eigenvalue weighted by Crippen LogP contribution is 2.38. The Kier molecular flexibility index (Phi) is 8.80. The Balaban J connectivity index is 1.34. The van der Waals surface area contributed by atoms with Gasteiger partial charge in [0.2, 0.25) is 6.79 Å². The van der Waals surface area contributed by atoms with Gasteiger partial charge in [-0.25, -0.2) is 9.79 Å². The van der Waals surface area contributed by atoms with Crippen LogP contribution in [0.2, 0.25) is 0 Å². The molecule has 44 heavy (non-hydrogen) atoms. The molecule has 1 saturated heterocycles. The van der Waals surface area contributed by atoms with Crippen molar-refractivity contribution in [1.29, 1.82) is 0 Å². The second kappa shape index (κ2) is 13.1. The molecular formula is C32H33N3O8S. The van der Waals surface area contributed by atoms with Crippen LogP contribution in [0.3, 0.4) is 0 Å². The van der Waals surface area contributed by atoms with Crippen molar-refractivity contribution in [2.75, 3.05) is 46.3 Å². The summed E-state index contributed by atoms with van der Waals surface area (Å²) in [5.41, 5.74) is 2.15. The third kappa shape index (κ3) is 6.00. The number of nitrogens with zero attached hydrogens (tertiary/aromatic N) is 3. The molecular weight excluding hydrogens is 586 g/mol. The predicted octanol–water partition coefficient (Wildman–Crippen LogP) is 2.54. The minimum atomic E-state index is -0.747. The molecule has 6 rings (SSSR count). The maximum Gasteiger partial charge on any atom is 0.338 e. The Bertz CT molecular complexity index is 1770. The first-order chi connectivity index (χ1) is 21.5. The second-order valence-corrected chi connectivity index (χ2v) is 11.4. The zero-order valence-electron chi connectivity index (χ0n) is 24.6. The van der Waals surface area contributed by atoms with Crippen LogP contribution < -0.4 is 29.1 Å². The predicted molar refractivity (Wildman–Crippen MR) is 162 cm³/mol. The number of hydrogen-bond donors (Lipinski definition) is 0. The molecule has 4 heterocycles. The molecule has 1 aromatic heterocycles. The van der Waals surface area contributed by atoms with Crippen molar-refractivity contribution in [2.24, 2.45) is 4.99 Å². The summed E-state index contributed by atoms with van der Waals surface area (Å²) in [5, 5.41) is 0. The molecule has 3 aliphatic heterocycles. The van der Waals surface area contributed by atoms with Gasteiger partial charge in [-0.2, -0.15) is 0 Å². The Morgan fingerprint density at radius 2 is 1.84 bits per heavy atom. The van der Waals surface area contributed by atoms with E-state index in [0.717, 1.165) is 12.0 Å². The van der Waals surface area contributed by atoms with E-state index in [-0.39, 0.29) is 31.5 Å². The van der Waals surface area contributed by atoms with Gasteiger partial charge < -0.3 is 28.6 Å². The standard InChI is InChI=1S/C32H33N3O8S/c1-3-5-23-28(31(38)40-4-2)29(21-8-11-24-25(17-21)43-19-42-24)35-30(37)26(44-32(35)33-23)16-20-6-9-22(10-7-20)41-18-27(36)34-12-14-39-15-13-34/h6-11,16-17,29H,3-5,12-15,18-19H2,1-2H3/b26-16+/t29-/m1/s1. The Labute approximate surface area is 257 Å². The number of amides is 1. The maximum absolute atomic E-state index is 14.0. The molecule has 0 spiro atoms. The summed E-state index contributed by atoms with van der Waals surface area (Å²) in [6.07, 6.45) is 3.10. The summed E-state index contributed by atoms with van der Waals surface area (Å²) in [6.45, 7) is 6.21. The van der Waals surface area contributed by atoms with Crippen LogP contribution >= 0.6 is 11.3 Å². The fraction of sp³-hybridized carbons (Fsp3) is 0.375. The summed E-state index contributed by atoms with van der Waals surface area (Å²) < 4.78 is 29.6. The number of thiazole rings is 1. The number of benzene rings is 2. The Hall–Kier alpha value is -4.42. The van der Waals surface area contributed by atoms with E-state index in [9.17, 15) is 14.4 Å². The van der Waals surface area contributed by atoms with Crippen LogP contribution in [0.15, 0.2) is 63.5 Å². The van der Waals surface area contributed by atoms with Crippen molar-refractivity contribution in [3.63, 3.8) is 0 Å². The minimum absolute atomic E-state index is 0.0549. The number of allylic oxidation sites excluding steroid dienone is 1. The van der Waals surface area contributed by atoms with Crippen LogP contribution in [0.5, 0.6) is 17.2 Å². The zero-order valence-corrected chi connectivity index (χ0v) is 25.4. The molecule has 0 bridgehead atoms. The van der Waals surface area contributed by atoms with Gasteiger partial charge in [-0.1, -0.05) is 42.9 Å². The lowest BCUT2D eigenvalue weighted by molar-refractivity contribution is -0.139. The number of carbonyl (C=O) groups excluding carboxylic acids is 2. The van der Waals surface area contributed by atoms with Crippen molar-refractivity contribution in [3.05, 3.63) is 84.5 Å². The van der Waals surface area contributed by atoms with Crippen molar-refractivity contribution in [1.82, 2.24) is 9.47 Å². The van der Waals surface area contributed by atoms with E-state index in [0.29, 0.717) is 76.1 Å². The van der Waals surface area contributed by atoms with E-state index in [1.165, 1.54) is 11.3 Å². The zero-order chi connectivity index (χ0) is 30.6. The third-order valence-electron chi connectivity index (χ3n) is 7.51. The van der Waals surface area contributed by atoms with Crippen LogP contribution in [0.1, 0.15) is 43.9 Å². The molecule has 2 aromatic carbocycles. The molecule has 11 nitrogen and oxygen atoms in total. The van der Waals surface area contributed by atoms with Crippen molar-refractivity contribution in [2.45, 2.75) is 32.7 Å². The van der Waals surface area contributed by atoms with Crippen LogP contribution in [0.25, 0.3) is 6.08 Å². The summed E-state index contributed by atoms with van der Waals surface area (Å²) in [6, 6.07) is 11.9. The number of ether oxygens (including phenoxy) is 5. The van der Waals surface area contributed by atoms with E-state index in [1.54, 1.807) is 46.7 Å². The van der Waals surface area contributed by atoms with Gasteiger partial charge in [-0.05, 0) is 54.8 Å². The van der Waals surface area contributed by atoms with E-state index < -0.39 is 12.0 Å². The highest BCUT2D eigenvalue weighted by molar-refractivity contribution is 7.07. The average Bonchev–Trinajstić information content (AvgIpc) is 3.64. The van der Waals surface area contributed by atoms with E-state index in [2.05, 4.69) is 0 Å². The van der Waals surface area contributed by atoms with Crippen LogP contribution in [0.4, 0.5) is 0 Å². The maximum atomic E-state index is 14.0. The molecule has 0 N–H and O–H groups in total. The summed E-state index contributed by atoms with van der Waals surface area (Å²) >= 11 is 1.27. The Morgan fingerprint density at radius 3 is 2.59 bits per heavy atom. The van der Waals surface area contributed by atoms with Gasteiger partial charge >= 0.3 is 5.97 Å².